The summed E-state index contributed by atoms with van der Waals surface area (Å²) in [5.74, 6) is 0.658. The highest BCUT2D eigenvalue weighted by atomic mass is 32.1. The quantitative estimate of drug-likeness (QED) is 0.721. The fourth-order valence-corrected chi connectivity index (χ4v) is 2.86. The number of nitrogens with one attached hydrogen (secondary N) is 1. The van der Waals surface area contributed by atoms with Crippen LogP contribution in [0.15, 0.2) is 24.3 Å². The lowest BCUT2D eigenvalue weighted by Gasteiger charge is -2.06. The fourth-order valence-electron chi connectivity index (χ4n) is 2.15. The van der Waals surface area contributed by atoms with E-state index in [0.29, 0.717) is 25.1 Å². The van der Waals surface area contributed by atoms with Gasteiger partial charge in [0.15, 0.2) is 0 Å². The lowest BCUT2D eigenvalue weighted by Crippen LogP contribution is -2.25. The van der Waals surface area contributed by atoms with Crippen LogP contribution in [0.3, 0.4) is 0 Å². The molecule has 1 N–H and O–H groups in total. The Balaban J connectivity index is 1.52. The van der Waals surface area contributed by atoms with Gasteiger partial charge in [-0.1, -0.05) is 12.1 Å². The minimum atomic E-state index is -0.0959. The lowest BCUT2D eigenvalue weighted by atomic mass is 10.1. The maximum atomic E-state index is 12.1. The van der Waals surface area contributed by atoms with Crippen LogP contribution in [0, 0.1) is 13.8 Å². The van der Waals surface area contributed by atoms with Crippen LogP contribution >= 0.6 is 11.3 Å². The first-order valence-electron chi connectivity index (χ1n) is 7.51. The molecule has 0 aliphatic carbocycles. The second-order valence-electron chi connectivity index (χ2n) is 5.30. The van der Waals surface area contributed by atoms with Crippen LogP contribution in [0.2, 0.25) is 0 Å². The second kappa shape index (κ2) is 7.26. The van der Waals surface area contributed by atoms with Crippen LogP contribution in [0.5, 0.6) is 0 Å². The number of hydrogen-bond donors (Lipinski definition) is 1. The molecule has 0 spiro atoms. The van der Waals surface area contributed by atoms with Crippen LogP contribution in [0.4, 0.5) is 0 Å². The van der Waals surface area contributed by atoms with Crippen molar-refractivity contribution in [2.24, 2.45) is 0 Å². The summed E-state index contributed by atoms with van der Waals surface area (Å²) in [5, 5.41) is 24.1. The molecule has 8 nitrogen and oxygen atoms in total. The zero-order valence-corrected chi connectivity index (χ0v) is 14.2. The molecule has 0 bridgehead atoms. The molecule has 9 heteroatoms. The molecule has 1 amide bonds. The zero-order chi connectivity index (χ0) is 16.9. The lowest BCUT2D eigenvalue weighted by molar-refractivity contribution is 0.0954. The van der Waals surface area contributed by atoms with Gasteiger partial charge in [-0.3, -0.25) is 4.79 Å². The third-order valence-electron chi connectivity index (χ3n) is 3.45. The van der Waals surface area contributed by atoms with Crippen molar-refractivity contribution in [2.75, 3.05) is 6.54 Å². The highest BCUT2D eigenvalue weighted by Gasteiger charge is 2.07. The third kappa shape index (κ3) is 3.99. The molecule has 2 heterocycles. The molecule has 1 aromatic carbocycles. The predicted octanol–water partition coefficient (Wildman–Crippen LogP) is 1.16. The maximum Gasteiger partial charge on any atom is 0.251 e. The van der Waals surface area contributed by atoms with E-state index in [1.54, 1.807) is 28.2 Å². The second-order valence-corrected chi connectivity index (χ2v) is 6.57. The Morgan fingerprint density at radius 3 is 2.58 bits per heavy atom. The molecule has 0 aliphatic rings. The fraction of sp³-hybridized carbons (Fsp3) is 0.333. The summed E-state index contributed by atoms with van der Waals surface area (Å²) in [5.41, 5.74) is 1.66. The van der Waals surface area contributed by atoms with Crippen molar-refractivity contribution in [3.05, 3.63) is 51.2 Å². The van der Waals surface area contributed by atoms with E-state index in [2.05, 4.69) is 31.0 Å². The molecular formula is C15H17N7OS. The Morgan fingerprint density at radius 2 is 1.96 bits per heavy atom. The molecule has 0 saturated heterocycles. The summed E-state index contributed by atoms with van der Waals surface area (Å²) in [6, 6.07) is 7.42. The van der Waals surface area contributed by atoms with E-state index < -0.39 is 0 Å². The number of aryl methyl sites for hydroxylation is 2. The van der Waals surface area contributed by atoms with Crippen LogP contribution in [-0.4, -0.2) is 42.9 Å². The standard InChI is InChI=1S/C15H17N7OS/c1-10-17-20-21-22(10)9-12-3-5-13(6-4-12)15(23)16-8-7-14-19-18-11(2)24-14/h3-6H,7-9H2,1-2H3,(H,16,23). The van der Waals surface area contributed by atoms with Gasteiger partial charge in [-0.2, -0.15) is 0 Å². The van der Waals surface area contributed by atoms with Gasteiger partial charge in [0.1, 0.15) is 15.8 Å². The number of amides is 1. The first kappa shape index (κ1) is 16.2. The minimum absolute atomic E-state index is 0.0959. The predicted molar refractivity (Wildman–Crippen MR) is 88.8 cm³/mol. The molecule has 3 aromatic rings. The Labute approximate surface area is 142 Å². The molecule has 0 fully saturated rings. The molecule has 0 saturated carbocycles. The van der Waals surface area contributed by atoms with Crippen LogP contribution in [-0.2, 0) is 13.0 Å². The van der Waals surface area contributed by atoms with Crippen LogP contribution < -0.4 is 5.32 Å². The average molecular weight is 343 g/mol. The van der Waals surface area contributed by atoms with E-state index in [-0.39, 0.29) is 5.91 Å². The first-order valence-corrected chi connectivity index (χ1v) is 8.32. The van der Waals surface area contributed by atoms with Crippen molar-refractivity contribution in [3.63, 3.8) is 0 Å². The Morgan fingerprint density at radius 1 is 1.17 bits per heavy atom. The van der Waals surface area contributed by atoms with Crippen molar-refractivity contribution >= 4 is 17.2 Å². The van der Waals surface area contributed by atoms with E-state index in [1.807, 2.05) is 26.0 Å². The Bertz CT molecular complexity index is 824. The third-order valence-corrected chi connectivity index (χ3v) is 4.35. The van der Waals surface area contributed by atoms with Crippen molar-refractivity contribution in [3.8, 4) is 0 Å². The normalized spacial score (nSPS) is 10.8. The summed E-state index contributed by atoms with van der Waals surface area (Å²) in [6.07, 6.45) is 0.688. The van der Waals surface area contributed by atoms with Gasteiger partial charge in [-0.05, 0) is 42.0 Å². The summed E-state index contributed by atoms with van der Waals surface area (Å²) in [4.78, 5) is 12.1. The van der Waals surface area contributed by atoms with E-state index in [0.717, 1.165) is 21.4 Å². The number of hydrogen-bond acceptors (Lipinski definition) is 7. The summed E-state index contributed by atoms with van der Waals surface area (Å²) < 4.78 is 1.71. The molecule has 0 radical (unpaired) electrons. The minimum Gasteiger partial charge on any atom is -0.352 e. The monoisotopic (exact) mass is 343 g/mol. The zero-order valence-electron chi connectivity index (χ0n) is 13.4. The van der Waals surface area contributed by atoms with Gasteiger partial charge >= 0.3 is 0 Å². The number of benzene rings is 1. The van der Waals surface area contributed by atoms with E-state index in [9.17, 15) is 4.79 Å². The highest BCUT2D eigenvalue weighted by molar-refractivity contribution is 7.11. The van der Waals surface area contributed by atoms with Crippen molar-refractivity contribution in [2.45, 2.75) is 26.8 Å². The summed E-state index contributed by atoms with van der Waals surface area (Å²) >= 11 is 1.55. The maximum absolute atomic E-state index is 12.1. The topological polar surface area (TPSA) is 98.5 Å². The molecule has 0 aliphatic heterocycles. The van der Waals surface area contributed by atoms with Gasteiger partial charge in [-0.15, -0.1) is 26.6 Å². The van der Waals surface area contributed by atoms with E-state index >= 15 is 0 Å². The Hall–Kier alpha value is -2.68. The van der Waals surface area contributed by atoms with Crippen molar-refractivity contribution in [1.29, 1.82) is 0 Å². The molecule has 0 atom stereocenters. The number of nitrogens with zero attached hydrogens (tertiary/aromatic N) is 6. The number of carbonyl (C=O) groups excluding carboxylic acids is 1. The Kier molecular flexibility index (Phi) is 4.90. The van der Waals surface area contributed by atoms with Gasteiger partial charge in [0.25, 0.3) is 5.91 Å². The largest absolute Gasteiger partial charge is 0.352 e. The molecule has 2 aromatic heterocycles. The average Bonchev–Trinajstić information content (AvgIpc) is 3.17. The number of rotatable bonds is 6. The molecular weight excluding hydrogens is 326 g/mol. The van der Waals surface area contributed by atoms with Gasteiger partial charge in [0.05, 0.1) is 6.54 Å². The highest BCUT2D eigenvalue weighted by Crippen LogP contribution is 2.09. The van der Waals surface area contributed by atoms with Gasteiger partial charge in [0.2, 0.25) is 0 Å². The number of tetrazole rings is 1. The van der Waals surface area contributed by atoms with E-state index in [1.165, 1.54) is 0 Å². The number of carbonyl (C=O) groups is 1. The number of aromatic nitrogens is 6. The SMILES string of the molecule is Cc1nnc(CCNC(=O)c2ccc(Cn3nnnc3C)cc2)s1. The van der Waals surface area contributed by atoms with Crippen LogP contribution in [0.25, 0.3) is 0 Å². The molecule has 124 valence electrons. The van der Waals surface area contributed by atoms with Gasteiger partial charge < -0.3 is 5.32 Å². The van der Waals surface area contributed by atoms with Crippen LogP contribution in [0.1, 0.15) is 31.8 Å². The molecule has 0 unspecified atom stereocenters. The first-order chi connectivity index (χ1) is 11.6. The van der Waals surface area contributed by atoms with Crippen molar-refractivity contribution < 1.29 is 4.79 Å². The van der Waals surface area contributed by atoms with Gasteiger partial charge in [-0.25, -0.2) is 4.68 Å². The smallest absolute Gasteiger partial charge is 0.251 e. The molecule has 3 rings (SSSR count). The summed E-state index contributed by atoms with van der Waals surface area (Å²) in [7, 11) is 0. The van der Waals surface area contributed by atoms with E-state index in [4.69, 9.17) is 0 Å². The van der Waals surface area contributed by atoms with Gasteiger partial charge in [0, 0.05) is 18.5 Å². The van der Waals surface area contributed by atoms with Crippen molar-refractivity contribution in [1.82, 2.24) is 35.7 Å². The summed E-state index contributed by atoms with van der Waals surface area (Å²) in [6.45, 7) is 4.88. The molecule has 24 heavy (non-hydrogen) atoms.